The van der Waals surface area contributed by atoms with Crippen LogP contribution in [0.3, 0.4) is 0 Å². The molecule has 0 aliphatic rings. The quantitative estimate of drug-likeness (QED) is 0.249. The van der Waals surface area contributed by atoms with Crippen LogP contribution < -0.4 is 4.74 Å². The summed E-state index contributed by atoms with van der Waals surface area (Å²) in [4.78, 5) is 12.0. The van der Waals surface area contributed by atoms with Gasteiger partial charge in [0.2, 0.25) is 0 Å². The minimum atomic E-state index is -0.683. The molecule has 0 saturated heterocycles. The van der Waals surface area contributed by atoms with Crippen molar-refractivity contribution in [3.8, 4) is 5.75 Å². The molecule has 0 saturated carbocycles. The van der Waals surface area contributed by atoms with Gasteiger partial charge >= 0.3 is 6.16 Å². The highest BCUT2D eigenvalue weighted by Crippen LogP contribution is 2.38. The fraction of sp³-hybridized carbons (Fsp3) is 0.190. The van der Waals surface area contributed by atoms with Crippen molar-refractivity contribution < 1.29 is 14.3 Å². The standard InChI is InChI=1S/C21H18O3/c1-21(2,3)24-20(22)23-17-12-10-15-8-7-13-5-4-6-14-9-11-16(17)19(15)18(13)14/h4-12H,1-3H3. The van der Waals surface area contributed by atoms with E-state index in [0.29, 0.717) is 5.75 Å². The lowest BCUT2D eigenvalue weighted by Gasteiger charge is -2.19. The molecule has 0 fully saturated rings. The Bertz CT molecular complexity index is 1040. The highest BCUT2D eigenvalue weighted by atomic mass is 16.7. The fourth-order valence-electron chi connectivity index (χ4n) is 3.16. The van der Waals surface area contributed by atoms with Crippen molar-refractivity contribution in [3.63, 3.8) is 0 Å². The van der Waals surface area contributed by atoms with E-state index in [1.54, 1.807) is 0 Å². The van der Waals surface area contributed by atoms with E-state index in [0.717, 1.165) is 16.2 Å². The van der Waals surface area contributed by atoms with Crippen molar-refractivity contribution in [3.05, 3.63) is 54.6 Å². The zero-order valence-corrected chi connectivity index (χ0v) is 13.9. The number of hydrogen-bond acceptors (Lipinski definition) is 3. The molecule has 0 heterocycles. The van der Waals surface area contributed by atoms with Crippen LogP contribution in [-0.2, 0) is 4.74 Å². The van der Waals surface area contributed by atoms with Crippen LogP contribution in [0.4, 0.5) is 4.79 Å². The Labute approximate surface area is 140 Å². The van der Waals surface area contributed by atoms with Crippen LogP contribution >= 0.6 is 0 Å². The Morgan fingerprint density at radius 2 is 1.38 bits per heavy atom. The van der Waals surface area contributed by atoms with E-state index in [4.69, 9.17) is 9.47 Å². The summed E-state index contributed by atoms with van der Waals surface area (Å²) in [5.41, 5.74) is -0.582. The molecule has 0 aliphatic carbocycles. The Balaban J connectivity index is 1.90. The number of rotatable bonds is 1. The molecule has 24 heavy (non-hydrogen) atoms. The first-order valence-electron chi connectivity index (χ1n) is 8.00. The number of carbonyl (C=O) groups is 1. The van der Waals surface area contributed by atoms with Gasteiger partial charge in [-0.3, -0.25) is 0 Å². The molecule has 0 aromatic heterocycles. The average Bonchev–Trinajstić information content (AvgIpc) is 2.52. The molecule has 4 rings (SSSR count). The number of ether oxygens (including phenoxy) is 2. The maximum atomic E-state index is 12.0. The van der Waals surface area contributed by atoms with E-state index < -0.39 is 11.8 Å². The van der Waals surface area contributed by atoms with Crippen molar-refractivity contribution >= 4 is 38.5 Å². The van der Waals surface area contributed by atoms with Gasteiger partial charge in [0, 0.05) is 10.8 Å². The number of benzene rings is 4. The van der Waals surface area contributed by atoms with E-state index in [1.165, 1.54) is 16.2 Å². The third-order valence-corrected chi connectivity index (χ3v) is 4.07. The maximum absolute atomic E-state index is 12.0. The molecule has 0 amide bonds. The molecule has 3 heteroatoms. The minimum absolute atomic E-state index is 0.523. The summed E-state index contributed by atoms with van der Waals surface area (Å²) in [5.74, 6) is 0.523. The molecule has 0 spiro atoms. The van der Waals surface area contributed by atoms with Gasteiger partial charge in [-0.15, -0.1) is 0 Å². The smallest absolute Gasteiger partial charge is 0.428 e. The predicted octanol–water partition coefficient (Wildman–Crippen LogP) is 5.90. The van der Waals surface area contributed by atoms with Crippen LogP contribution in [0.1, 0.15) is 20.8 Å². The summed E-state index contributed by atoms with van der Waals surface area (Å²) in [6.45, 7) is 5.45. The summed E-state index contributed by atoms with van der Waals surface area (Å²) in [5, 5.41) is 6.72. The van der Waals surface area contributed by atoms with E-state index >= 15 is 0 Å². The molecule has 0 atom stereocenters. The van der Waals surface area contributed by atoms with Crippen molar-refractivity contribution in [2.75, 3.05) is 0 Å². The molecule has 4 aromatic carbocycles. The van der Waals surface area contributed by atoms with Gasteiger partial charge in [0.1, 0.15) is 11.4 Å². The van der Waals surface area contributed by atoms with Gasteiger partial charge in [-0.25, -0.2) is 4.79 Å². The Hall–Kier alpha value is -2.81. The fourth-order valence-corrected chi connectivity index (χ4v) is 3.16. The second-order valence-electron chi connectivity index (χ2n) is 6.99. The molecule has 0 radical (unpaired) electrons. The second kappa shape index (κ2) is 5.10. The lowest BCUT2D eigenvalue weighted by Crippen LogP contribution is -2.26. The van der Waals surface area contributed by atoms with Crippen molar-refractivity contribution in [1.82, 2.24) is 0 Å². The van der Waals surface area contributed by atoms with Gasteiger partial charge in [-0.05, 0) is 54.4 Å². The molecule has 4 aromatic rings. The zero-order chi connectivity index (χ0) is 16.9. The molecule has 0 aliphatic heterocycles. The van der Waals surface area contributed by atoms with Gasteiger partial charge in [0.25, 0.3) is 0 Å². The van der Waals surface area contributed by atoms with Crippen LogP contribution in [-0.4, -0.2) is 11.8 Å². The predicted molar refractivity (Wildman–Crippen MR) is 97.0 cm³/mol. The van der Waals surface area contributed by atoms with Crippen LogP contribution in [0.15, 0.2) is 54.6 Å². The summed E-state index contributed by atoms with van der Waals surface area (Å²) in [6.07, 6.45) is -0.683. The van der Waals surface area contributed by atoms with Crippen LogP contribution in [0, 0.1) is 0 Å². The first kappa shape index (κ1) is 14.8. The zero-order valence-electron chi connectivity index (χ0n) is 13.9. The molecular formula is C21H18O3. The molecule has 0 unspecified atom stereocenters. The number of hydrogen-bond donors (Lipinski definition) is 0. The van der Waals surface area contributed by atoms with E-state index in [2.05, 4.69) is 36.4 Å². The summed E-state index contributed by atoms with van der Waals surface area (Å²) in [6, 6.07) is 18.3. The van der Waals surface area contributed by atoms with Crippen LogP contribution in [0.25, 0.3) is 32.3 Å². The first-order chi connectivity index (χ1) is 11.4. The highest BCUT2D eigenvalue weighted by molar-refractivity contribution is 6.24. The third-order valence-electron chi connectivity index (χ3n) is 4.07. The summed E-state index contributed by atoms with van der Waals surface area (Å²) < 4.78 is 10.8. The Morgan fingerprint density at radius 3 is 2.04 bits per heavy atom. The number of carbonyl (C=O) groups excluding carboxylic acids is 1. The Morgan fingerprint density at radius 1 is 0.792 bits per heavy atom. The molecule has 0 N–H and O–H groups in total. The molecular weight excluding hydrogens is 300 g/mol. The topological polar surface area (TPSA) is 35.5 Å². The second-order valence-corrected chi connectivity index (χ2v) is 6.99. The lowest BCUT2D eigenvalue weighted by atomic mass is 9.94. The van der Waals surface area contributed by atoms with Gasteiger partial charge < -0.3 is 9.47 Å². The summed E-state index contributed by atoms with van der Waals surface area (Å²) >= 11 is 0. The molecule has 3 nitrogen and oxygen atoms in total. The van der Waals surface area contributed by atoms with Crippen molar-refractivity contribution in [2.45, 2.75) is 26.4 Å². The largest absolute Gasteiger partial charge is 0.514 e. The van der Waals surface area contributed by atoms with E-state index in [-0.39, 0.29) is 0 Å². The van der Waals surface area contributed by atoms with Crippen molar-refractivity contribution in [2.24, 2.45) is 0 Å². The first-order valence-corrected chi connectivity index (χ1v) is 8.00. The van der Waals surface area contributed by atoms with Gasteiger partial charge in [0.05, 0.1) is 0 Å². The maximum Gasteiger partial charge on any atom is 0.514 e. The summed E-state index contributed by atoms with van der Waals surface area (Å²) in [7, 11) is 0. The Kier molecular flexibility index (Phi) is 3.14. The normalized spacial score (nSPS) is 12.1. The van der Waals surface area contributed by atoms with Crippen LogP contribution in [0.2, 0.25) is 0 Å². The third kappa shape index (κ3) is 2.42. The minimum Gasteiger partial charge on any atom is -0.428 e. The van der Waals surface area contributed by atoms with Gasteiger partial charge in [-0.1, -0.05) is 42.5 Å². The van der Waals surface area contributed by atoms with Gasteiger partial charge in [0.15, 0.2) is 0 Å². The SMILES string of the molecule is CC(C)(C)OC(=O)Oc1ccc2ccc3cccc4ccc1c2c34. The van der Waals surface area contributed by atoms with E-state index in [1.807, 2.05) is 39.0 Å². The molecule has 120 valence electrons. The monoisotopic (exact) mass is 318 g/mol. The van der Waals surface area contributed by atoms with E-state index in [9.17, 15) is 4.79 Å². The average molecular weight is 318 g/mol. The molecule has 0 bridgehead atoms. The van der Waals surface area contributed by atoms with Crippen LogP contribution in [0.5, 0.6) is 5.75 Å². The van der Waals surface area contributed by atoms with Crippen molar-refractivity contribution in [1.29, 1.82) is 0 Å². The lowest BCUT2D eigenvalue weighted by molar-refractivity contribution is 0.0209. The van der Waals surface area contributed by atoms with Gasteiger partial charge in [-0.2, -0.15) is 0 Å². The highest BCUT2D eigenvalue weighted by Gasteiger charge is 2.19.